The van der Waals surface area contributed by atoms with Crippen molar-refractivity contribution in [3.05, 3.63) is 64.7 Å². The average Bonchev–Trinajstić information content (AvgIpc) is 3.10. The van der Waals surface area contributed by atoms with E-state index >= 15 is 0 Å². The maximum absolute atomic E-state index is 12.6. The topological polar surface area (TPSA) is 64.1 Å². The van der Waals surface area contributed by atoms with E-state index < -0.39 is 5.60 Å². The van der Waals surface area contributed by atoms with Crippen LogP contribution in [0.25, 0.3) is 0 Å². The van der Waals surface area contributed by atoms with Crippen molar-refractivity contribution in [3.63, 3.8) is 0 Å². The van der Waals surface area contributed by atoms with Gasteiger partial charge in [0.05, 0.1) is 0 Å². The van der Waals surface area contributed by atoms with Gasteiger partial charge in [0.25, 0.3) is 5.91 Å². The van der Waals surface area contributed by atoms with Crippen molar-refractivity contribution >= 4 is 45.7 Å². The molecule has 0 aliphatic rings. The van der Waals surface area contributed by atoms with Crippen LogP contribution in [0.3, 0.4) is 0 Å². The number of nitrogens with zero attached hydrogens (tertiary/aromatic N) is 2. The molecule has 1 aromatic heterocycles. The van der Waals surface area contributed by atoms with Gasteiger partial charge in [0, 0.05) is 10.8 Å². The second-order valence-corrected chi connectivity index (χ2v) is 9.25. The quantitative estimate of drug-likeness (QED) is 0.388. The molecule has 0 saturated heterocycles. The van der Waals surface area contributed by atoms with Crippen LogP contribution >= 0.6 is 34.7 Å². The minimum Gasteiger partial charge on any atom is -0.478 e. The van der Waals surface area contributed by atoms with Crippen molar-refractivity contribution in [1.29, 1.82) is 0 Å². The third-order valence-corrected chi connectivity index (χ3v) is 6.25. The van der Waals surface area contributed by atoms with E-state index in [4.69, 9.17) is 16.3 Å². The number of carbonyl (C=O) groups excluding carboxylic acids is 1. The Balaban J connectivity index is 1.58. The highest BCUT2D eigenvalue weighted by Gasteiger charge is 2.31. The van der Waals surface area contributed by atoms with Gasteiger partial charge in [-0.2, -0.15) is 0 Å². The fourth-order valence-corrected chi connectivity index (χ4v) is 4.27. The number of aryl methyl sites for hydroxylation is 1. The molecule has 0 aliphatic heterocycles. The zero-order chi connectivity index (χ0) is 20.1. The number of thioether (sulfide) groups is 1. The Labute approximate surface area is 177 Å². The van der Waals surface area contributed by atoms with E-state index in [1.165, 1.54) is 22.5 Å². The summed E-state index contributed by atoms with van der Waals surface area (Å²) in [5.74, 6) is 1.07. The van der Waals surface area contributed by atoms with Crippen LogP contribution in [0.5, 0.6) is 5.75 Å². The van der Waals surface area contributed by atoms with E-state index in [-0.39, 0.29) is 5.91 Å². The average molecular weight is 434 g/mol. The molecule has 1 N–H and O–H groups in total. The van der Waals surface area contributed by atoms with Crippen LogP contribution in [-0.2, 0) is 10.5 Å². The van der Waals surface area contributed by atoms with Crippen LogP contribution in [0.4, 0.5) is 5.13 Å². The largest absolute Gasteiger partial charge is 0.478 e. The Morgan fingerprint density at radius 1 is 1.18 bits per heavy atom. The number of amides is 1. The van der Waals surface area contributed by atoms with E-state index in [1.54, 1.807) is 49.9 Å². The summed E-state index contributed by atoms with van der Waals surface area (Å²) in [7, 11) is 0. The first-order valence-electron chi connectivity index (χ1n) is 8.60. The number of hydrogen-bond donors (Lipinski definition) is 1. The maximum Gasteiger partial charge on any atom is 0.269 e. The molecule has 2 aromatic carbocycles. The van der Waals surface area contributed by atoms with Gasteiger partial charge in [-0.25, -0.2) is 0 Å². The highest BCUT2D eigenvalue weighted by molar-refractivity contribution is 8.00. The SMILES string of the molecule is Cc1ccccc1CSc1nnc(NC(=O)C(C)(C)Oc2ccc(Cl)cc2)s1. The highest BCUT2D eigenvalue weighted by atomic mass is 35.5. The number of aromatic nitrogens is 2. The number of carbonyl (C=O) groups is 1. The van der Waals surface area contributed by atoms with Gasteiger partial charge in [-0.3, -0.25) is 10.1 Å². The van der Waals surface area contributed by atoms with Crippen LogP contribution in [-0.4, -0.2) is 21.7 Å². The number of ether oxygens (including phenoxy) is 1. The first kappa shape index (κ1) is 20.6. The smallest absolute Gasteiger partial charge is 0.269 e. The standard InChI is InChI=1S/C20H20ClN3O2S2/c1-13-6-4-5-7-14(13)12-27-19-24-23-18(28-19)22-17(25)20(2,3)26-16-10-8-15(21)9-11-16/h4-11H,12H2,1-3H3,(H,22,23,25). The van der Waals surface area contributed by atoms with Gasteiger partial charge in [-0.15, -0.1) is 10.2 Å². The highest BCUT2D eigenvalue weighted by Crippen LogP contribution is 2.30. The molecule has 0 fully saturated rings. The number of rotatable bonds is 7. The zero-order valence-corrected chi connectivity index (χ0v) is 18.1. The van der Waals surface area contributed by atoms with Crippen LogP contribution in [0.2, 0.25) is 5.02 Å². The van der Waals surface area contributed by atoms with Gasteiger partial charge in [-0.05, 0) is 56.2 Å². The summed E-state index contributed by atoms with van der Waals surface area (Å²) >= 11 is 8.82. The Morgan fingerprint density at radius 2 is 1.89 bits per heavy atom. The second-order valence-electron chi connectivity index (χ2n) is 6.61. The first-order chi connectivity index (χ1) is 13.3. The van der Waals surface area contributed by atoms with Crippen molar-refractivity contribution in [1.82, 2.24) is 10.2 Å². The lowest BCUT2D eigenvalue weighted by Crippen LogP contribution is -2.42. The fourth-order valence-electron chi connectivity index (χ4n) is 2.32. The van der Waals surface area contributed by atoms with Crippen LogP contribution in [0.15, 0.2) is 52.9 Å². The minimum absolute atomic E-state index is 0.297. The van der Waals surface area contributed by atoms with E-state index in [1.807, 2.05) is 12.1 Å². The Bertz CT molecular complexity index is 958. The van der Waals surface area contributed by atoms with Crippen LogP contribution in [0.1, 0.15) is 25.0 Å². The van der Waals surface area contributed by atoms with Gasteiger partial charge < -0.3 is 4.74 Å². The van der Waals surface area contributed by atoms with Crippen molar-refractivity contribution in [2.24, 2.45) is 0 Å². The van der Waals surface area contributed by atoms with Crippen LogP contribution < -0.4 is 10.1 Å². The number of hydrogen-bond acceptors (Lipinski definition) is 6. The first-order valence-corrected chi connectivity index (χ1v) is 10.8. The van der Waals surface area contributed by atoms with Crippen LogP contribution in [0, 0.1) is 6.92 Å². The second kappa shape index (κ2) is 8.94. The summed E-state index contributed by atoms with van der Waals surface area (Å²) in [5.41, 5.74) is 1.42. The molecule has 3 rings (SSSR count). The third kappa shape index (κ3) is 5.47. The Morgan fingerprint density at radius 3 is 2.61 bits per heavy atom. The molecular weight excluding hydrogens is 414 g/mol. The molecule has 0 radical (unpaired) electrons. The minimum atomic E-state index is -1.08. The summed E-state index contributed by atoms with van der Waals surface area (Å²) < 4.78 is 6.60. The molecule has 3 aromatic rings. The lowest BCUT2D eigenvalue weighted by Gasteiger charge is -2.24. The molecule has 5 nitrogen and oxygen atoms in total. The maximum atomic E-state index is 12.6. The monoisotopic (exact) mass is 433 g/mol. The van der Waals surface area contributed by atoms with E-state index in [2.05, 4.69) is 34.6 Å². The molecule has 0 atom stereocenters. The Kier molecular flexibility index (Phi) is 6.59. The van der Waals surface area contributed by atoms with E-state index in [0.717, 1.165) is 10.1 Å². The predicted molar refractivity (Wildman–Crippen MR) is 115 cm³/mol. The Hall–Kier alpha value is -2.09. The number of halogens is 1. The lowest BCUT2D eigenvalue weighted by molar-refractivity contribution is -0.128. The summed E-state index contributed by atoms with van der Waals surface area (Å²) in [4.78, 5) is 12.6. The number of anilines is 1. The van der Waals surface area contributed by atoms with E-state index in [9.17, 15) is 4.79 Å². The van der Waals surface area contributed by atoms with Crippen molar-refractivity contribution in [2.75, 3.05) is 5.32 Å². The van der Waals surface area contributed by atoms with Crippen molar-refractivity contribution in [2.45, 2.75) is 36.5 Å². The molecule has 146 valence electrons. The van der Waals surface area contributed by atoms with Crippen molar-refractivity contribution in [3.8, 4) is 5.75 Å². The predicted octanol–water partition coefficient (Wildman–Crippen LogP) is 5.59. The normalized spacial score (nSPS) is 11.3. The number of nitrogens with one attached hydrogen (secondary N) is 1. The lowest BCUT2D eigenvalue weighted by atomic mass is 10.1. The molecule has 1 amide bonds. The summed E-state index contributed by atoms with van der Waals surface area (Å²) in [6, 6.07) is 15.1. The molecule has 0 bridgehead atoms. The molecule has 0 spiro atoms. The van der Waals surface area contributed by atoms with Gasteiger partial charge in [0.15, 0.2) is 9.94 Å². The molecule has 0 aliphatic carbocycles. The van der Waals surface area contributed by atoms with E-state index in [0.29, 0.717) is 15.9 Å². The third-order valence-electron chi connectivity index (χ3n) is 3.97. The molecule has 0 unspecified atom stereocenters. The molecule has 1 heterocycles. The van der Waals surface area contributed by atoms with Gasteiger partial charge in [0.2, 0.25) is 5.13 Å². The zero-order valence-electron chi connectivity index (χ0n) is 15.7. The van der Waals surface area contributed by atoms with Gasteiger partial charge in [0.1, 0.15) is 5.75 Å². The molecule has 0 saturated carbocycles. The molecule has 8 heteroatoms. The number of benzene rings is 2. The molecule has 28 heavy (non-hydrogen) atoms. The fraction of sp³-hybridized carbons (Fsp3) is 0.250. The molecular formula is C20H20ClN3O2S2. The summed E-state index contributed by atoms with van der Waals surface area (Å²) in [6.07, 6.45) is 0. The van der Waals surface area contributed by atoms with Crippen molar-refractivity contribution < 1.29 is 9.53 Å². The summed E-state index contributed by atoms with van der Waals surface area (Å²) in [5, 5.41) is 12.1. The van der Waals surface area contributed by atoms with Gasteiger partial charge in [-0.1, -0.05) is 59.0 Å². The van der Waals surface area contributed by atoms with Gasteiger partial charge >= 0.3 is 0 Å². The summed E-state index contributed by atoms with van der Waals surface area (Å²) in [6.45, 7) is 5.49.